The van der Waals surface area contributed by atoms with E-state index in [1.807, 2.05) is 25.1 Å². The van der Waals surface area contributed by atoms with Gasteiger partial charge in [-0.2, -0.15) is 9.97 Å². The molecule has 8 rings (SSSR count). The zero-order valence-electron chi connectivity index (χ0n) is 32.9. The molecule has 5 heterocycles. The fourth-order valence-corrected chi connectivity index (χ4v) is 16.3. The number of ether oxygens (including phenoxy) is 1. The maximum Gasteiger partial charge on any atom is 0.319 e. The Balaban J connectivity index is 1.30. The third-order valence-electron chi connectivity index (χ3n) is 13.6. The minimum absolute atomic E-state index is 0.0993. The van der Waals surface area contributed by atoms with Crippen molar-refractivity contribution in [2.24, 2.45) is 11.8 Å². The number of rotatable bonds is 8. The smallest absolute Gasteiger partial charge is 0.319 e. The molecular weight excluding hydrogens is 700 g/mol. The van der Waals surface area contributed by atoms with E-state index in [1.54, 1.807) is 6.07 Å². The molecule has 286 valence electrons. The molecule has 4 aromatic rings. The lowest BCUT2D eigenvalue weighted by Gasteiger charge is -2.38. The molecule has 2 aromatic heterocycles. The van der Waals surface area contributed by atoms with Crippen molar-refractivity contribution in [1.29, 1.82) is 0 Å². The molecule has 3 saturated heterocycles. The topological polar surface area (TPSA) is 54.4 Å². The van der Waals surface area contributed by atoms with Crippen LogP contribution < -0.4 is 9.64 Å². The maximum atomic E-state index is 17.5. The van der Waals surface area contributed by atoms with Gasteiger partial charge in [0.05, 0.1) is 22.2 Å². The van der Waals surface area contributed by atoms with E-state index in [1.165, 1.54) is 25.3 Å². The second kappa shape index (κ2) is 14.1. The van der Waals surface area contributed by atoms with Crippen molar-refractivity contribution in [2.45, 2.75) is 115 Å². The molecule has 0 spiro atoms. The number of pyridine rings is 1. The van der Waals surface area contributed by atoms with Gasteiger partial charge in [-0.05, 0) is 85.5 Å². The lowest BCUT2D eigenvalue weighted by Crippen LogP contribution is -2.43. The number of fused-ring (bicyclic) bond motifs is 5. The molecule has 2 bridgehead atoms. The first kappa shape index (κ1) is 37.3. The SMILES string of the molecule is Cc1nc(-c2cccc3ccc(F)c(C#C[Si](C(C)C)(C(C)C)C(C)C)c23)c(F)c2nc(OC[C@@]34CCCN3C[C@H](F)C4)nc(N3CC4CCC(C4)C3)c12. The van der Waals surface area contributed by atoms with E-state index in [0.717, 1.165) is 37.9 Å². The van der Waals surface area contributed by atoms with Crippen LogP contribution in [0.4, 0.5) is 19.0 Å². The summed E-state index contributed by atoms with van der Waals surface area (Å²) in [6, 6.07) is 8.88. The number of benzene rings is 2. The highest BCUT2D eigenvalue weighted by Gasteiger charge is 2.49. The molecule has 4 aliphatic rings. The molecule has 1 aliphatic carbocycles. The normalized spacial score (nSPS) is 24.3. The zero-order chi connectivity index (χ0) is 38.1. The number of hydrogen-bond donors (Lipinski definition) is 0. The van der Waals surface area contributed by atoms with Crippen molar-refractivity contribution in [2.75, 3.05) is 37.7 Å². The third kappa shape index (κ3) is 6.18. The van der Waals surface area contributed by atoms with Gasteiger partial charge in [0, 0.05) is 37.0 Å². The number of alkyl halides is 1. The first-order chi connectivity index (χ1) is 25.8. The molecule has 10 heteroatoms. The maximum absolute atomic E-state index is 17.5. The number of aromatic nitrogens is 3. The van der Waals surface area contributed by atoms with Gasteiger partial charge >= 0.3 is 6.01 Å². The Kier molecular flexibility index (Phi) is 9.74. The average Bonchev–Trinajstić information content (AvgIpc) is 3.78. The predicted octanol–water partition coefficient (Wildman–Crippen LogP) is 10.2. The van der Waals surface area contributed by atoms with Gasteiger partial charge in [-0.25, -0.2) is 18.2 Å². The molecule has 6 nitrogen and oxygen atoms in total. The van der Waals surface area contributed by atoms with Crippen LogP contribution >= 0.6 is 0 Å². The predicted molar refractivity (Wildman–Crippen MR) is 214 cm³/mol. The third-order valence-corrected chi connectivity index (χ3v) is 19.9. The van der Waals surface area contributed by atoms with Gasteiger partial charge in [0.25, 0.3) is 0 Å². The number of nitrogens with zero attached hydrogens (tertiary/aromatic N) is 5. The van der Waals surface area contributed by atoms with Gasteiger partial charge in [0.2, 0.25) is 0 Å². The number of piperidine rings is 1. The van der Waals surface area contributed by atoms with Crippen molar-refractivity contribution in [1.82, 2.24) is 19.9 Å². The molecule has 0 amide bonds. The highest BCUT2D eigenvalue weighted by molar-refractivity contribution is 6.90. The Hall–Kier alpha value is -3.68. The molecule has 0 radical (unpaired) electrons. The average molecular weight is 754 g/mol. The minimum atomic E-state index is -2.22. The van der Waals surface area contributed by atoms with Crippen LogP contribution in [0.25, 0.3) is 32.9 Å². The van der Waals surface area contributed by atoms with E-state index < -0.39 is 31.4 Å². The summed E-state index contributed by atoms with van der Waals surface area (Å²) < 4.78 is 54.6. The minimum Gasteiger partial charge on any atom is -0.461 e. The zero-order valence-corrected chi connectivity index (χ0v) is 33.9. The van der Waals surface area contributed by atoms with Crippen LogP contribution in [0.3, 0.4) is 0 Å². The Morgan fingerprint density at radius 3 is 2.35 bits per heavy atom. The number of hydrogen-bond acceptors (Lipinski definition) is 6. The van der Waals surface area contributed by atoms with Crippen LogP contribution in [0.2, 0.25) is 16.6 Å². The molecule has 0 N–H and O–H groups in total. The quantitative estimate of drug-likeness (QED) is 0.132. The lowest BCUT2D eigenvalue weighted by molar-refractivity contribution is 0.107. The summed E-state index contributed by atoms with van der Waals surface area (Å²) in [6.45, 7) is 18.5. The van der Waals surface area contributed by atoms with E-state index in [9.17, 15) is 4.39 Å². The second-order valence-electron chi connectivity index (χ2n) is 17.7. The Bertz CT molecular complexity index is 2130. The Morgan fingerprint density at radius 1 is 0.926 bits per heavy atom. The number of aryl methyl sites for hydroxylation is 1. The van der Waals surface area contributed by atoms with Gasteiger partial charge in [-0.3, -0.25) is 4.90 Å². The molecule has 2 unspecified atom stereocenters. The first-order valence-electron chi connectivity index (χ1n) is 20.2. The largest absolute Gasteiger partial charge is 0.461 e. The summed E-state index contributed by atoms with van der Waals surface area (Å²) >= 11 is 0. The van der Waals surface area contributed by atoms with Crippen LogP contribution in [0.1, 0.15) is 91.3 Å². The van der Waals surface area contributed by atoms with Gasteiger partial charge in [0.15, 0.2) is 5.82 Å². The van der Waals surface area contributed by atoms with Crippen molar-refractivity contribution >= 4 is 35.6 Å². The van der Waals surface area contributed by atoms with Gasteiger partial charge < -0.3 is 9.64 Å². The molecule has 54 heavy (non-hydrogen) atoms. The molecule has 1 saturated carbocycles. The van der Waals surface area contributed by atoms with E-state index >= 15 is 8.78 Å². The Morgan fingerprint density at radius 2 is 1.65 bits per heavy atom. The lowest BCUT2D eigenvalue weighted by atomic mass is 9.95. The van der Waals surface area contributed by atoms with Crippen LogP contribution in [0.15, 0.2) is 30.3 Å². The highest BCUT2D eigenvalue weighted by atomic mass is 28.3. The Labute approximate surface area is 319 Å². The van der Waals surface area contributed by atoms with Crippen molar-refractivity contribution in [3.05, 3.63) is 53.2 Å². The van der Waals surface area contributed by atoms with E-state index in [-0.39, 0.29) is 29.4 Å². The summed E-state index contributed by atoms with van der Waals surface area (Å²) in [5.74, 6) is 4.11. The monoisotopic (exact) mass is 753 g/mol. The highest BCUT2D eigenvalue weighted by Crippen LogP contribution is 2.45. The summed E-state index contributed by atoms with van der Waals surface area (Å²) in [4.78, 5) is 19.2. The number of anilines is 1. The van der Waals surface area contributed by atoms with Gasteiger partial charge in [0.1, 0.15) is 43.7 Å². The molecule has 4 fully saturated rings. The summed E-state index contributed by atoms with van der Waals surface area (Å²) in [5.41, 5.74) is 6.00. The van der Waals surface area contributed by atoms with Crippen LogP contribution in [0, 0.1) is 41.9 Å². The van der Waals surface area contributed by atoms with Crippen LogP contribution in [-0.4, -0.2) is 72.4 Å². The van der Waals surface area contributed by atoms with Gasteiger partial charge in [-0.15, -0.1) is 5.54 Å². The number of halogens is 3. The van der Waals surface area contributed by atoms with E-state index in [4.69, 9.17) is 19.7 Å². The first-order valence-corrected chi connectivity index (χ1v) is 22.4. The van der Waals surface area contributed by atoms with Crippen LogP contribution in [0.5, 0.6) is 6.01 Å². The fraction of sp³-hybridized carbons (Fsp3) is 0.568. The fourth-order valence-electron chi connectivity index (χ4n) is 11.1. The van der Waals surface area contributed by atoms with Crippen molar-refractivity contribution in [3.63, 3.8) is 0 Å². The van der Waals surface area contributed by atoms with Crippen molar-refractivity contribution < 1.29 is 17.9 Å². The molecule has 2 aromatic carbocycles. The van der Waals surface area contributed by atoms with E-state index in [2.05, 4.69) is 62.8 Å². The van der Waals surface area contributed by atoms with Crippen LogP contribution in [-0.2, 0) is 0 Å². The summed E-state index contributed by atoms with van der Waals surface area (Å²) in [5, 5.41) is 1.89. The van der Waals surface area contributed by atoms with Crippen molar-refractivity contribution in [3.8, 4) is 28.7 Å². The van der Waals surface area contributed by atoms with Gasteiger partial charge in [-0.1, -0.05) is 71.7 Å². The second-order valence-corrected chi connectivity index (χ2v) is 23.3. The van der Waals surface area contributed by atoms with E-state index in [0.29, 0.717) is 69.3 Å². The summed E-state index contributed by atoms with van der Waals surface area (Å²) in [6.07, 6.45) is 4.95. The summed E-state index contributed by atoms with van der Waals surface area (Å²) in [7, 11) is -2.22. The standard InChI is InChI=1S/C44H54F3N5OSi/c1-26(2)54(27(3)4,28(5)6)19-16-34-36(46)15-14-32-10-8-11-35(38(32)34)40-39(47)41-37(29(7)48-40)42(51-22-30-12-13-31(20-30)23-51)50-43(49-41)53-25-44-17-9-18-52(44)24-33(45)21-44/h8,10-11,14-15,26-28,30-31,33H,9,12-13,17-18,20-25H2,1-7H3/t30?,31?,33-,44+/m1/s1. The molecule has 4 atom stereocenters. The molecule has 3 aliphatic heterocycles. The molecular formula is C44H54F3N5OSi.